The van der Waals surface area contributed by atoms with E-state index in [2.05, 4.69) is 0 Å². The number of thioether (sulfide) groups is 1. The Kier molecular flexibility index (Phi) is 3.91. The Morgan fingerprint density at radius 2 is 1.11 bits per heavy atom. The monoisotopic (exact) mass is 272 g/mol. The maximum absolute atomic E-state index is 12.9. The Balaban J connectivity index is 2.11. The molecule has 0 unspecified atom stereocenters. The van der Waals surface area contributed by atoms with E-state index in [0.717, 1.165) is 23.9 Å². The van der Waals surface area contributed by atoms with Crippen molar-refractivity contribution in [3.8, 4) is 0 Å². The first-order valence-corrected chi connectivity index (χ1v) is 6.05. The van der Waals surface area contributed by atoms with Gasteiger partial charge in [-0.1, -0.05) is 0 Å². The second-order valence-electron chi connectivity index (χ2n) is 3.67. The maximum atomic E-state index is 12.9. The molecule has 0 heterocycles. The van der Waals surface area contributed by atoms with Gasteiger partial charge in [-0.3, -0.25) is 0 Å². The summed E-state index contributed by atoms with van der Waals surface area (Å²) in [5, 5.41) is 0. The van der Waals surface area contributed by atoms with E-state index < -0.39 is 23.3 Å². The minimum atomic E-state index is -0.678. The fraction of sp³-hybridized carbons (Fsp3) is 0.0769. The SMILES string of the molecule is Fc1cc(F)cc(CSc2cc(F)cc(F)c2)c1. The van der Waals surface area contributed by atoms with Crippen LogP contribution in [0.2, 0.25) is 0 Å². The van der Waals surface area contributed by atoms with Crippen molar-refractivity contribution in [2.45, 2.75) is 10.6 Å². The van der Waals surface area contributed by atoms with Crippen molar-refractivity contribution in [2.24, 2.45) is 0 Å². The molecule has 5 heteroatoms. The topological polar surface area (TPSA) is 0 Å². The van der Waals surface area contributed by atoms with E-state index in [1.165, 1.54) is 24.3 Å². The van der Waals surface area contributed by atoms with Crippen molar-refractivity contribution < 1.29 is 17.6 Å². The van der Waals surface area contributed by atoms with Gasteiger partial charge in [0.15, 0.2) is 0 Å². The van der Waals surface area contributed by atoms with Gasteiger partial charge in [0, 0.05) is 22.8 Å². The molecular weight excluding hydrogens is 264 g/mol. The molecule has 0 aliphatic heterocycles. The average Bonchev–Trinajstić information content (AvgIpc) is 2.23. The Morgan fingerprint density at radius 3 is 1.61 bits per heavy atom. The summed E-state index contributed by atoms with van der Waals surface area (Å²) in [4.78, 5) is 0.372. The molecule has 2 rings (SSSR count). The van der Waals surface area contributed by atoms with Gasteiger partial charge in [0.05, 0.1) is 0 Å². The highest BCUT2D eigenvalue weighted by atomic mass is 32.2. The van der Waals surface area contributed by atoms with Gasteiger partial charge in [0.1, 0.15) is 23.3 Å². The Bertz CT molecular complexity index is 477. The third-order valence-corrected chi connectivity index (χ3v) is 3.21. The van der Waals surface area contributed by atoms with Gasteiger partial charge in [-0.2, -0.15) is 0 Å². The fourth-order valence-electron chi connectivity index (χ4n) is 1.47. The van der Waals surface area contributed by atoms with E-state index in [9.17, 15) is 17.6 Å². The summed E-state index contributed by atoms with van der Waals surface area (Å²) in [6.07, 6.45) is 0. The molecule has 0 aliphatic rings. The Hall–Kier alpha value is -1.49. The molecule has 0 aliphatic carbocycles. The molecule has 0 amide bonds. The second-order valence-corrected chi connectivity index (χ2v) is 4.72. The molecule has 0 atom stereocenters. The van der Waals surface area contributed by atoms with Crippen LogP contribution >= 0.6 is 11.8 Å². The largest absolute Gasteiger partial charge is 0.207 e. The summed E-state index contributed by atoms with van der Waals surface area (Å²) >= 11 is 1.11. The van der Waals surface area contributed by atoms with Gasteiger partial charge in [0.2, 0.25) is 0 Å². The molecule has 0 saturated carbocycles. The lowest BCUT2D eigenvalue weighted by atomic mass is 10.2. The molecule has 0 N–H and O–H groups in total. The van der Waals surface area contributed by atoms with Crippen molar-refractivity contribution in [3.63, 3.8) is 0 Å². The molecule has 94 valence electrons. The van der Waals surface area contributed by atoms with Crippen LogP contribution in [0, 0.1) is 23.3 Å². The van der Waals surface area contributed by atoms with E-state index in [1.54, 1.807) is 0 Å². The van der Waals surface area contributed by atoms with Gasteiger partial charge in [-0.25, -0.2) is 17.6 Å². The number of hydrogen-bond donors (Lipinski definition) is 0. The lowest BCUT2D eigenvalue weighted by molar-refractivity contribution is 0.577. The smallest absolute Gasteiger partial charge is 0.127 e. The number of halogens is 4. The van der Waals surface area contributed by atoms with E-state index in [4.69, 9.17) is 0 Å². The summed E-state index contributed by atoms with van der Waals surface area (Å²) in [5.41, 5.74) is 0.419. The van der Waals surface area contributed by atoms with E-state index in [0.29, 0.717) is 10.5 Å². The minimum absolute atomic E-state index is 0.234. The van der Waals surface area contributed by atoms with E-state index in [1.807, 2.05) is 0 Å². The molecule has 0 fully saturated rings. The van der Waals surface area contributed by atoms with Gasteiger partial charge >= 0.3 is 0 Å². The minimum Gasteiger partial charge on any atom is -0.207 e. The second kappa shape index (κ2) is 5.44. The summed E-state index contributed by atoms with van der Waals surface area (Å²) < 4.78 is 51.6. The lowest BCUT2D eigenvalue weighted by Gasteiger charge is -2.03. The van der Waals surface area contributed by atoms with Crippen molar-refractivity contribution in [2.75, 3.05) is 0 Å². The van der Waals surface area contributed by atoms with Gasteiger partial charge in [-0.05, 0) is 29.8 Å². The molecule has 18 heavy (non-hydrogen) atoms. The first-order chi connectivity index (χ1) is 8.52. The molecule has 0 spiro atoms. The third-order valence-electron chi connectivity index (χ3n) is 2.16. The van der Waals surface area contributed by atoms with Crippen molar-refractivity contribution >= 4 is 11.8 Å². The van der Waals surface area contributed by atoms with Crippen LogP contribution in [-0.4, -0.2) is 0 Å². The summed E-state index contributed by atoms with van der Waals surface area (Å²) in [6.45, 7) is 0. The Labute approximate surface area is 106 Å². The molecule has 0 aromatic heterocycles. The van der Waals surface area contributed by atoms with Crippen molar-refractivity contribution in [1.29, 1.82) is 0 Å². The predicted octanol–water partition coefficient (Wildman–Crippen LogP) is 4.54. The third kappa shape index (κ3) is 3.50. The summed E-state index contributed by atoms with van der Waals surface area (Å²) in [6, 6.07) is 6.26. The Morgan fingerprint density at radius 1 is 0.667 bits per heavy atom. The van der Waals surface area contributed by atoms with Crippen LogP contribution in [0.15, 0.2) is 41.3 Å². The molecule has 0 nitrogen and oxygen atoms in total. The number of hydrogen-bond acceptors (Lipinski definition) is 1. The van der Waals surface area contributed by atoms with Crippen LogP contribution in [-0.2, 0) is 5.75 Å². The molecule has 2 aromatic rings. The predicted molar refractivity (Wildman–Crippen MR) is 62.3 cm³/mol. The van der Waals surface area contributed by atoms with Crippen LogP contribution < -0.4 is 0 Å². The highest BCUT2D eigenvalue weighted by Crippen LogP contribution is 2.25. The van der Waals surface area contributed by atoms with E-state index >= 15 is 0 Å². The molecular formula is C13H8F4S. The number of rotatable bonds is 3. The van der Waals surface area contributed by atoms with Crippen molar-refractivity contribution in [1.82, 2.24) is 0 Å². The molecule has 0 saturated heterocycles. The maximum Gasteiger partial charge on any atom is 0.127 e. The first kappa shape index (κ1) is 13.0. The highest BCUT2D eigenvalue weighted by molar-refractivity contribution is 7.98. The zero-order valence-electron chi connectivity index (χ0n) is 9.09. The standard InChI is InChI=1S/C13H8F4S/c14-9-1-8(2-10(15)3-9)7-18-13-5-11(16)4-12(17)6-13/h1-6H,7H2. The molecule has 0 radical (unpaired) electrons. The van der Waals surface area contributed by atoms with Crippen LogP contribution in [0.5, 0.6) is 0 Å². The van der Waals surface area contributed by atoms with Crippen LogP contribution in [0.4, 0.5) is 17.6 Å². The molecule has 0 bridgehead atoms. The first-order valence-electron chi connectivity index (χ1n) is 5.07. The van der Waals surface area contributed by atoms with Crippen LogP contribution in [0.3, 0.4) is 0 Å². The van der Waals surface area contributed by atoms with Crippen LogP contribution in [0.1, 0.15) is 5.56 Å². The molecule has 2 aromatic carbocycles. The number of benzene rings is 2. The normalized spacial score (nSPS) is 10.7. The van der Waals surface area contributed by atoms with Crippen LogP contribution in [0.25, 0.3) is 0 Å². The van der Waals surface area contributed by atoms with Gasteiger partial charge in [-0.15, -0.1) is 11.8 Å². The summed E-state index contributed by atoms with van der Waals surface area (Å²) in [7, 11) is 0. The highest BCUT2D eigenvalue weighted by Gasteiger charge is 2.04. The van der Waals surface area contributed by atoms with Gasteiger partial charge in [0.25, 0.3) is 0 Å². The van der Waals surface area contributed by atoms with E-state index in [-0.39, 0.29) is 5.75 Å². The summed E-state index contributed by atoms with van der Waals surface area (Å²) in [5.74, 6) is -2.46. The zero-order chi connectivity index (χ0) is 13.1. The average molecular weight is 272 g/mol. The van der Waals surface area contributed by atoms with Gasteiger partial charge < -0.3 is 0 Å². The fourth-order valence-corrected chi connectivity index (χ4v) is 2.36. The van der Waals surface area contributed by atoms with Crippen molar-refractivity contribution in [3.05, 3.63) is 65.2 Å². The quantitative estimate of drug-likeness (QED) is 0.584. The zero-order valence-corrected chi connectivity index (χ0v) is 9.91. The lowest BCUT2D eigenvalue weighted by Crippen LogP contribution is -1.87.